The van der Waals surface area contributed by atoms with Crippen LogP contribution in [0.15, 0.2) is 41.9 Å². The van der Waals surface area contributed by atoms with E-state index in [0.29, 0.717) is 5.95 Å². The first kappa shape index (κ1) is 11.2. The Morgan fingerprint density at radius 1 is 1.22 bits per heavy atom. The zero-order valence-corrected chi connectivity index (χ0v) is 10.9. The van der Waals surface area contributed by atoms with Crippen LogP contribution < -0.4 is 5.32 Å². The van der Waals surface area contributed by atoms with Gasteiger partial charge in [-0.15, -0.1) is 11.3 Å². The van der Waals surface area contributed by atoms with Crippen LogP contribution in [0.4, 0.5) is 5.95 Å². The maximum atomic E-state index is 4.55. The third kappa shape index (κ3) is 1.95. The SMILES string of the molecule is CCNc1nccc(-c2cccc3ccsc23)n1. The minimum atomic E-state index is 0.684. The number of rotatable bonds is 3. The van der Waals surface area contributed by atoms with Gasteiger partial charge < -0.3 is 5.32 Å². The molecule has 0 atom stereocenters. The Morgan fingerprint density at radius 2 is 2.17 bits per heavy atom. The lowest BCUT2D eigenvalue weighted by Crippen LogP contribution is -2.02. The van der Waals surface area contributed by atoms with Gasteiger partial charge in [0.15, 0.2) is 0 Å². The normalized spacial score (nSPS) is 10.7. The first-order chi connectivity index (χ1) is 8.88. The van der Waals surface area contributed by atoms with Gasteiger partial charge in [0.1, 0.15) is 0 Å². The smallest absolute Gasteiger partial charge is 0.223 e. The molecule has 90 valence electrons. The second-order valence-electron chi connectivity index (χ2n) is 3.94. The van der Waals surface area contributed by atoms with E-state index in [-0.39, 0.29) is 0 Å². The molecule has 0 radical (unpaired) electrons. The maximum absolute atomic E-state index is 4.55. The molecule has 3 nitrogen and oxygen atoms in total. The molecule has 3 rings (SSSR count). The van der Waals surface area contributed by atoms with Gasteiger partial charge in [-0.05, 0) is 29.8 Å². The van der Waals surface area contributed by atoms with Crippen LogP contribution in [-0.4, -0.2) is 16.5 Å². The van der Waals surface area contributed by atoms with Gasteiger partial charge in [0, 0.05) is 23.0 Å². The molecule has 0 aliphatic carbocycles. The number of nitrogens with zero attached hydrogens (tertiary/aromatic N) is 2. The molecule has 0 spiro atoms. The Balaban J connectivity index is 2.13. The van der Waals surface area contributed by atoms with Gasteiger partial charge in [-0.2, -0.15) is 0 Å². The fraction of sp³-hybridized carbons (Fsp3) is 0.143. The molecule has 4 heteroatoms. The fourth-order valence-corrected chi connectivity index (χ4v) is 2.87. The molecule has 1 aromatic carbocycles. The summed E-state index contributed by atoms with van der Waals surface area (Å²) in [6, 6.07) is 10.4. The number of fused-ring (bicyclic) bond motifs is 1. The molecule has 1 N–H and O–H groups in total. The third-order valence-corrected chi connectivity index (χ3v) is 3.71. The number of nitrogens with one attached hydrogen (secondary N) is 1. The van der Waals surface area contributed by atoms with E-state index in [1.54, 1.807) is 17.5 Å². The van der Waals surface area contributed by atoms with E-state index in [1.807, 2.05) is 13.0 Å². The van der Waals surface area contributed by atoms with Crippen molar-refractivity contribution in [3.8, 4) is 11.3 Å². The Morgan fingerprint density at radius 3 is 3.06 bits per heavy atom. The van der Waals surface area contributed by atoms with Crippen LogP contribution in [0.1, 0.15) is 6.92 Å². The monoisotopic (exact) mass is 255 g/mol. The Bertz CT molecular complexity index is 675. The second kappa shape index (κ2) is 4.74. The van der Waals surface area contributed by atoms with Crippen LogP contribution in [0, 0.1) is 0 Å². The van der Waals surface area contributed by atoms with E-state index < -0.39 is 0 Å². The highest BCUT2D eigenvalue weighted by atomic mass is 32.1. The van der Waals surface area contributed by atoms with Crippen LogP contribution in [0.2, 0.25) is 0 Å². The van der Waals surface area contributed by atoms with Gasteiger partial charge in [-0.25, -0.2) is 9.97 Å². The van der Waals surface area contributed by atoms with Crippen LogP contribution in [0.25, 0.3) is 21.3 Å². The number of aromatic nitrogens is 2. The zero-order chi connectivity index (χ0) is 12.4. The van der Waals surface area contributed by atoms with E-state index >= 15 is 0 Å². The molecule has 0 saturated heterocycles. The molecular weight excluding hydrogens is 242 g/mol. The first-order valence-electron chi connectivity index (χ1n) is 5.92. The highest BCUT2D eigenvalue weighted by Gasteiger charge is 2.06. The molecule has 0 fully saturated rings. The fourth-order valence-electron chi connectivity index (χ4n) is 1.95. The summed E-state index contributed by atoms with van der Waals surface area (Å²) in [4.78, 5) is 8.75. The second-order valence-corrected chi connectivity index (χ2v) is 4.86. The number of benzene rings is 1. The van der Waals surface area contributed by atoms with Gasteiger partial charge in [0.2, 0.25) is 5.95 Å². The molecule has 0 amide bonds. The van der Waals surface area contributed by atoms with E-state index in [4.69, 9.17) is 0 Å². The van der Waals surface area contributed by atoms with Crippen LogP contribution in [0.5, 0.6) is 0 Å². The van der Waals surface area contributed by atoms with E-state index in [2.05, 4.69) is 44.9 Å². The van der Waals surface area contributed by atoms with Gasteiger partial charge in [-0.3, -0.25) is 0 Å². The predicted molar refractivity (Wildman–Crippen MR) is 77.0 cm³/mol. The summed E-state index contributed by atoms with van der Waals surface area (Å²) in [5, 5.41) is 6.52. The summed E-state index contributed by atoms with van der Waals surface area (Å²) < 4.78 is 1.28. The van der Waals surface area contributed by atoms with Gasteiger partial charge in [0.25, 0.3) is 0 Å². The Kier molecular flexibility index (Phi) is 2.94. The molecular formula is C14H13N3S. The highest BCUT2D eigenvalue weighted by molar-refractivity contribution is 7.17. The van der Waals surface area contributed by atoms with Gasteiger partial charge in [0.05, 0.1) is 5.69 Å². The minimum absolute atomic E-state index is 0.684. The number of thiophene rings is 1. The summed E-state index contributed by atoms with van der Waals surface area (Å²) >= 11 is 1.75. The number of hydrogen-bond donors (Lipinski definition) is 1. The average Bonchev–Trinajstić information content (AvgIpc) is 2.87. The lowest BCUT2D eigenvalue weighted by atomic mass is 10.1. The highest BCUT2D eigenvalue weighted by Crippen LogP contribution is 2.31. The molecule has 0 bridgehead atoms. The Labute approximate surface area is 110 Å². The van der Waals surface area contributed by atoms with Gasteiger partial charge >= 0.3 is 0 Å². The van der Waals surface area contributed by atoms with Crippen molar-refractivity contribution in [1.82, 2.24) is 9.97 Å². The molecule has 0 unspecified atom stereocenters. The Hall–Kier alpha value is -1.94. The van der Waals surface area contributed by atoms with Gasteiger partial charge in [-0.1, -0.05) is 18.2 Å². The average molecular weight is 255 g/mol. The summed E-state index contributed by atoms with van der Waals surface area (Å²) in [6.07, 6.45) is 1.80. The summed E-state index contributed by atoms with van der Waals surface area (Å²) in [5.74, 6) is 0.684. The first-order valence-corrected chi connectivity index (χ1v) is 6.80. The zero-order valence-electron chi connectivity index (χ0n) is 10.1. The third-order valence-electron chi connectivity index (χ3n) is 2.75. The van der Waals surface area contributed by atoms with Crippen LogP contribution in [-0.2, 0) is 0 Å². The van der Waals surface area contributed by atoms with Crippen molar-refractivity contribution in [3.05, 3.63) is 41.9 Å². The van der Waals surface area contributed by atoms with Crippen molar-refractivity contribution in [2.45, 2.75) is 6.92 Å². The molecule has 18 heavy (non-hydrogen) atoms. The number of hydrogen-bond acceptors (Lipinski definition) is 4. The van der Waals surface area contributed by atoms with Crippen molar-refractivity contribution in [2.75, 3.05) is 11.9 Å². The van der Waals surface area contributed by atoms with Crippen molar-refractivity contribution in [2.24, 2.45) is 0 Å². The molecule has 3 aromatic rings. The largest absolute Gasteiger partial charge is 0.354 e. The summed E-state index contributed by atoms with van der Waals surface area (Å²) in [6.45, 7) is 2.86. The topological polar surface area (TPSA) is 37.8 Å². The molecule has 0 aliphatic heterocycles. The van der Waals surface area contributed by atoms with Crippen molar-refractivity contribution >= 4 is 27.4 Å². The van der Waals surface area contributed by atoms with Crippen molar-refractivity contribution in [3.63, 3.8) is 0 Å². The van der Waals surface area contributed by atoms with E-state index in [0.717, 1.165) is 12.2 Å². The summed E-state index contributed by atoms with van der Waals surface area (Å²) in [7, 11) is 0. The van der Waals surface area contributed by atoms with Crippen LogP contribution >= 0.6 is 11.3 Å². The van der Waals surface area contributed by atoms with E-state index in [1.165, 1.54) is 15.6 Å². The molecule has 2 aromatic heterocycles. The molecule has 0 saturated carbocycles. The van der Waals surface area contributed by atoms with Crippen molar-refractivity contribution < 1.29 is 0 Å². The van der Waals surface area contributed by atoms with Crippen molar-refractivity contribution in [1.29, 1.82) is 0 Å². The maximum Gasteiger partial charge on any atom is 0.223 e. The number of anilines is 1. The van der Waals surface area contributed by atoms with E-state index in [9.17, 15) is 0 Å². The minimum Gasteiger partial charge on any atom is -0.354 e. The molecule has 2 heterocycles. The van der Waals surface area contributed by atoms with Crippen LogP contribution in [0.3, 0.4) is 0 Å². The summed E-state index contributed by atoms with van der Waals surface area (Å²) in [5.41, 5.74) is 2.14. The molecule has 0 aliphatic rings. The standard InChI is InChI=1S/C14H13N3S/c1-2-15-14-16-8-6-12(17-14)11-5-3-4-10-7-9-18-13(10)11/h3-9H,2H2,1H3,(H,15,16,17). The lowest BCUT2D eigenvalue weighted by Gasteiger charge is -2.05. The predicted octanol–water partition coefficient (Wildman–Crippen LogP) is 3.79. The lowest BCUT2D eigenvalue weighted by molar-refractivity contribution is 1.09. The quantitative estimate of drug-likeness (QED) is 0.773.